The van der Waals surface area contributed by atoms with Gasteiger partial charge in [0.15, 0.2) is 5.65 Å². The van der Waals surface area contributed by atoms with Crippen molar-refractivity contribution in [3.8, 4) is 0 Å². The van der Waals surface area contributed by atoms with Crippen molar-refractivity contribution in [2.45, 2.75) is 19.5 Å². The molecule has 0 saturated carbocycles. The van der Waals surface area contributed by atoms with E-state index >= 15 is 0 Å². The zero-order chi connectivity index (χ0) is 23.3. The molecule has 0 bridgehead atoms. The Hall–Kier alpha value is -4.33. The Morgan fingerprint density at radius 3 is 2.65 bits per heavy atom. The fourth-order valence-electron chi connectivity index (χ4n) is 3.97. The van der Waals surface area contributed by atoms with Crippen LogP contribution in [0.2, 0.25) is 0 Å². The Bertz CT molecular complexity index is 1440. The van der Waals surface area contributed by atoms with Gasteiger partial charge in [0, 0.05) is 13.1 Å². The van der Waals surface area contributed by atoms with Crippen LogP contribution in [-0.2, 0) is 24.3 Å². The molecule has 0 radical (unpaired) electrons. The van der Waals surface area contributed by atoms with Crippen LogP contribution in [0.15, 0.2) is 79.3 Å². The van der Waals surface area contributed by atoms with E-state index in [1.54, 1.807) is 23.0 Å². The highest BCUT2D eigenvalue weighted by molar-refractivity contribution is 5.90. The first-order valence-electron chi connectivity index (χ1n) is 11.1. The summed E-state index contributed by atoms with van der Waals surface area (Å²) >= 11 is 0. The molecule has 0 saturated heterocycles. The van der Waals surface area contributed by atoms with Crippen molar-refractivity contribution in [1.82, 2.24) is 25.1 Å². The Kier molecular flexibility index (Phi) is 6.11. The molecule has 0 aliphatic carbocycles. The highest BCUT2D eigenvalue weighted by atomic mass is 19.1. The van der Waals surface area contributed by atoms with Crippen LogP contribution in [0.5, 0.6) is 0 Å². The van der Waals surface area contributed by atoms with Crippen molar-refractivity contribution >= 4 is 33.5 Å². The van der Waals surface area contributed by atoms with Crippen molar-refractivity contribution in [2.24, 2.45) is 0 Å². The normalized spacial score (nSPS) is 11.1. The first kappa shape index (κ1) is 21.5. The molecule has 3 aromatic carbocycles. The van der Waals surface area contributed by atoms with E-state index in [9.17, 15) is 9.18 Å². The molecule has 5 aromatic rings. The predicted molar refractivity (Wildman–Crippen MR) is 130 cm³/mol. The van der Waals surface area contributed by atoms with E-state index in [1.807, 2.05) is 42.5 Å². The number of carbonyl (C=O) groups is 1. The third-order valence-corrected chi connectivity index (χ3v) is 5.68. The van der Waals surface area contributed by atoms with Gasteiger partial charge in [-0.25, -0.2) is 19.0 Å². The number of aromatic nitrogens is 4. The predicted octanol–water partition coefficient (Wildman–Crippen LogP) is 4.09. The molecule has 7 nitrogen and oxygen atoms in total. The molecule has 5 rings (SSSR count). The van der Waals surface area contributed by atoms with E-state index in [4.69, 9.17) is 0 Å². The summed E-state index contributed by atoms with van der Waals surface area (Å²) in [6, 6.07) is 20.4. The summed E-state index contributed by atoms with van der Waals surface area (Å²) in [5.41, 5.74) is 2.62. The topological polar surface area (TPSA) is 84.7 Å². The molecule has 34 heavy (non-hydrogen) atoms. The van der Waals surface area contributed by atoms with Gasteiger partial charge >= 0.3 is 0 Å². The molecule has 0 fully saturated rings. The Balaban J connectivity index is 1.20. The second kappa shape index (κ2) is 9.66. The average Bonchev–Trinajstić information content (AvgIpc) is 3.28. The molecule has 0 unspecified atom stereocenters. The van der Waals surface area contributed by atoms with Crippen LogP contribution in [-0.4, -0.2) is 32.2 Å². The Labute approximate surface area is 195 Å². The number of benzene rings is 3. The monoisotopic (exact) mass is 454 g/mol. The Morgan fingerprint density at radius 2 is 1.76 bits per heavy atom. The highest BCUT2D eigenvalue weighted by Crippen LogP contribution is 2.20. The molecule has 170 valence electrons. The number of anilines is 1. The fraction of sp³-hybridized carbons (Fsp3) is 0.154. The third-order valence-electron chi connectivity index (χ3n) is 5.68. The van der Waals surface area contributed by atoms with Crippen LogP contribution < -0.4 is 10.6 Å². The minimum absolute atomic E-state index is 0.0379. The number of rotatable bonds is 8. The number of amides is 1. The molecule has 2 N–H and O–H groups in total. The lowest BCUT2D eigenvalue weighted by Crippen LogP contribution is -2.29. The van der Waals surface area contributed by atoms with Crippen LogP contribution >= 0.6 is 0 Å². The number of carbonyl (C=O) groups excluding carboxylic acids is 1. The standard InChI is InChI=1S/C26H23FN6O/c27-21-10-8-18(9-11-21)15-29-25-23-16-32-33(26(23)31-17-30-25)13-12-28-24(34)14-20-6-3-5-19-4-1-2-7-22(19)20/h1-11,16-17H,12-15H2,(H,28,34)(H,29,30,31). The van der Waals surface area contributed by atoms with Crippen LogP contribution in [0.3, 0.4) is 0 Å². The molecule has 0 spiro atoms. The van der Waals surface area contributed by atoms with Gasteiger partial charge in [-0.05, 0) is 34.0 Å². The lowest BCUT2D eigenvalue weighted by Gasteiger charge is -2.09. The van der Waals surface area contributed by atoms with Gasteiger partial charge in [-0.15, -0.1) is 0 Å². The van der Waals surface area contributed by atoms with Gasteiger partial charge in [0.05, 0.1) is 24.5 Å². The van der Waals surface area contributed by atoms with Crippen molar-refractivity contribution in [2.75, 3.05) is 11.9 Å². The van der Waals surface area contributed by atoms with Crippen molar-refractivity contribution < 1.29 is 9.18 Å². The van der Waals surface area contributed by atoms with Crippen LogP contribution in [0.1, 0.15) is 11.1 Å². The van der Waals surface area contributed by atoms with Crippen molar-refractivity contribution in [3.63, 3.8) is 0 Å². The zero-order valence-electron chi connectivity index (χ0n) is 18.4. The summed E-state index contributed by atoms with van der Waals surface area (Å²) in [5, 5.41) is 13.7. The maximum atomic E-state index is 13.1. The van der Waals surface area contributed by atoms with E-state index in [1.165, 1.54) is 18.5 Å². The zero-order valence-corrected chi connectivity index (χ0v) is 18.4. The molecular formula is C26H23FN6O. The summed E-state index contributed by atoms with van der Waals surface area (Å²) in [4.78, 5) is 21.2. The van der Waals surface area contributed by atoms with Gasteiger partial charge in [0.25, 0.3) is 0 Å². The first-order chi connectivity index (χ1) is 16.7. The number of hydrogen-bond acceptors (Lipinski definition) is 5. The van der Waals surface area contributed by atoms with E-state index in [-0.39, 0.29) is 11.7 Å². The number of hydrogen-bond donors (Lipinski definition) is 2. The number of halogens is 1. The summed E-state index contributed by atoms with van der Waals surface area (Å²) in [6.45, 7) is 1.42. The highest BCUT2D eigenvalue weighted by Gasteiger charge is 2.11. The molecule has 1 amide bonds. The van der Waals surface area contributed by atoms with Crippen LogP contribution in [0.25, 0.3) is 21.8 Å². The third kappa shape index (κ3) is 4.71. The SMILES string of the molecule is O=C(Cc1cccc2ccccc12)NCCn1ncc2c(NCc3ccc(F)cc3)ncnc21. The molecule has 0 aliphatic heterocycles. The first-order valence-corrected chi connectivity index (χ1v) is 11.1. The molecular weight excluding hydrogens is 431 g/mol. The molecule has 8 heteroatoms. The van der Waals surface area contributed by atoms with Gasteiger partial charge in [-0.3, -0.25) is 4.79 Å². The fourth-order valence-corrected chi connectivity index (χ4v) is 3.97. The van der Waals surface area contributed by atoms with Crippen molar-refractivity contribution in [1.29, 1.82) is 0 Å². The van der Waals surface area contributed by atoms with Gasteiger partial charge in [0.1, 0.15) is 18.0 Å². The van der Waals surface area contributed by atoms with E-state index in [0.29, 0.717) is 37.5 Å². The smallest absolute Gasteiger partial charge is 0.224 e. The lowest BCUT2D eigenvalue weighted by atomic mass is 10.0. The summed E-state index contributed by atoms with van der Waals surface area (Å²) < 4.78 is 14.9. The van der Waals surface area contributed by atoms with Gasteiger partial charge < -0.3 is 10.6 Å². The second-order valence-corrected chi connectivity index (χ2v) is 7.97. The van der Waals surface area contributed by atoms with E-state index in [2.05, 4.69) is 25.7 Å². The second-order valence-electron chi connectivity index (χ2n) is 7.97. The summed E-state index contributed by atoms with van der Waals surface area (Å²) in [7, 11) is 0. The van der Waals surface area contributed by atoms with Gasteiger partial charge in [-0.2, -0.15) is 5.10 Å². The Morgan fingerprint density at radius 1 is 0.941 bits per heavy atom. The van der Waals surface area contributed by atoms with Crippen LogP contribution in [0.4, 0.5) is 10.2 Å². The molecule has 2 heterocycles. The molecule has 0 atom stereocenters. The quantitative estimate of drug-likeness (QED) is 0.369. The number of fused-ring (bicyclic) bond motifs is 2. The number of nitrogens with zero attached hydrogens (tertiary/aromatic N) is 4. The average molecular weight is 455 g/mol. The van der Waals surface area contributed by atoms with E-state index < -0.39 is 0 Å². The molecule has 2 aromatic heterocycles. The lowest BCUT2D eigenvalue weighted by molar-refractivity contribution is -0.120. The maximum Gasteiger partial charge on any atom is 0.224 e. The van der Waals surface area contributed by atoms with Gasteiger partial charge in [-0.1, -0.05) is 54.6 Å². The minimum atomic E-state index is -0.265. The minimum Gasteiger partial charge on any atom is -0.365 e. The summed E-state index contributed by atoms with van der Waals surface area (Å²) in [6.07, 6.45) is 3.51. The van der Waals surface area contributed by atoms with Gasteiger partial charge in [0.2, 0.25) is 5.91 Å². The molecule has 0 aliphatic rings. The summed E-state index contributed by atoms with van der Waals surface area (Å²) in [5.74, 6) is 0.350. The van der Waals surface area contributed by atoms with Crippen molar-refractivity contribution in [3.05, 3.63) is 96.2 Å². The van der Waals surface area contributed by atoms with E-state index in [0.717, 1.165) is 27.3 Å². The maximum absolute atomic E-state index is 13.1. The largest absolute Gasteiger partial charge is 0.365 e. The van der Waals surface area contributed by atoms with Crippen LogP contribution in [0, 0.1) is 5.82 Å². The number of nitrogens with one attached hydrogen (secondary N) is 2.